The number of hydrazine groups is 1. The van der Waals surface area contributed by atoms with Gasteiger partial charge in [-0.2, -0.15) is 0 Å². The van der Waals surface area contributed by atoms with Gasteiger partial charge in [0.05, 0.1) is 0 Å². The van der Waals surface area contributed by atoms with E-state index in [2.05, 4.69) is 20.7 Å². The summed E-state index contributed by atoms with van der Waals surface area (Å²) in [6, 6.07) is 7.38. The predicted molar refractivity (Wildman–Crippen MR) is 79.8 cm³/mol. The second-order valence-corrected chi connectivity index (χ2v) is 4.99. The number of anilines is 3. The molecule has 0 radical (unpaired) electrons. The number of fused-ring (bicyclic) bond motifs is 1. The first-order valence-corrected chi connectivity index (χ1v) is 6.68. The lowest BCUT2D eigenvalue weighted by atomic mass is 10.2. The minimum Gasteiger partial charge on any atom is -0.454 e. The van der Waals surface area contributed by atoms with Crippen LogP contribution in [-0.4, -0.2) is 16.8 Å². The van der Waals surface area contributed by atoms with Gasteiger partial charge in [-0.05, 0) is 12.1 Å². The maximum Gasteiger partial charge on any atom is 0.231 e. The van der Waals surface area contributed by atoms with Gasteiger partial charge in [0.25, 0.3) is 0 Å². The molecular formula is C14H17N5O2. The Bertz CT molecular complexity index is 660. The Morgan fingerprint density at radius 3 is 2.62 bits per heavy atom. The highest BCUT2D eigenvalue weighted by Crippen LogP contribution is 2.35. The summed E-state index contributed by atoms with van der Waals surface area (Å²) in [5.74, 6) is 9.07. The summed E-state index contributed by atoms with van der Waals surface area (Å²) in [6.07, 6.45) is 0. The molecule has 0 saturated heterocycles. The van der Waals surface area contributed by atoms with Gasteiger partial charge in [0.15, 0.2) is 11.5 Å². The lowest BCUT2D eigenvalue weighted by Gasteiger charge is -2.11. The van der Waals surface area contributed by atoms with E-state index in [4.69, 9.17) is 15.3 Å². The topological polar surface area (TPSA) is 94.3 Å². The maximum atomic E-state index is 5.45. The average molecular weight is 287 g/mol. The van der Waals surface area contributed by atoms with Crippen molar-refractivity contribution in [2.75, 3.05) is 17.5 Å². The fourth-order valence-corrected chi connectivity index (χ4v) is 1.98. The van der Waals surface area contributed by atoms with Crippen LogP contribution in [0.1, 0.15) is 25.6 Å². The van der Waals surface area contributed by atoms with E-state index in [0.29, 0.717) is 17.5 Å². The van der Waals surface area contributed by atoms with Crippen LogP contribution in [0.5, 0.6) is 11.5 Å². The lowest BCUT2D eigenvalue weighted by Crippen LogP contribution is -2.12. The van der Waals surface area contributed by atoms with Crippen LogP contribution in [-0.2, 0) is 0 Å². The number of rotatable bonds is 4. The summed E-state index contributed by atoms with van der Waals surface area (Å²) < 4.78 is 10.6. The molecule has 2 aromatic rings. The smallest absolute Gasteiger partial charge is 0.231 e. The van der Waals surface area contributed by atoms with E-state index in [-0.39, 0.29) is 12.7 Å². The molecule has 0 fully saturated rings. The molecule has 1 aliphatic heterocycles. The van der Waals surface area contributed by atoms with E-state index >= 15 is 0 Å². The van der Waals surface area contributed by atoms with Crippen molar-refractivity contribution in [2.45, 2.75) is 19.8 Å². The minimum absolute atomic E-state index is 0.204. The zero-order chi connectivity index (χ0) is 14.8. The fourth-order valence-electron chi connectivity index (χ4n) is 1.98. The molecule has 0 saturated carbocycles. The normalized spacial score (nSPS) is 12.6. The van der Waals surface area contributed by atoms with Gasteiger partial charge in [-0.1, -0.05) is 13.8 Å². The highest BCUT2D eigenvalue weighted by molar-refractivity contribution is 5.63. The Labute approximate surface area is 122 Å². The van der Waals surface area contributed by atoms with Crippen LogP contribution in [0.15, 0.2) is 24.3 Å². The van der Waals surface area contributed by atoms with Gasteiger partial charge >= 0.3 is 0 Å². The third kappa shape index (κ3) is 2.82. The number of aromatic nitrogens is 2. The van der Waals surface area contributed by atoms with Crippen molar-refractivity contribution in [3.8, 4) is 11.5 Å². The second kappa shape index (κ2) is 5.45. The molecule has 0 unspecified atom stereocenters. The van der Waals surface area contributed by atoms with Crippen LogP contribution >= 0.6 is 0 Å². The van der Waals surface area contributed by atoms with Gasteiger partial charge in [-0.15, -0.1) is 0 Å². The summed E-state index contributed by atoms with van der Waals surface area (Å²) in [4.78, 5) is 8.80. The molecule has 0 bridgehead atoms. The Morgan fingerprint density at radius 2 is 1.86 bits per heavy atom. The van der Waals surface area contributed by atoms with Crippen molar-refractivity contribution in [3.05, 3.63) is 30.1 Å². The number of ether oxygens (including phenoxy) is 2. The molecule has 7 heteroatoms. The van der Waals surface area contributed by atoms with Crippen LogP contribution in [0, 0.1) is 0 Å². The van der Waals surface area contributed by atoms with Crippen LogP contribution in [0.3, 0.4) is 0 Å². The molecule has 0 amide bonds. The molecular weight excluding hydrogens is 270 g/mol. The van der Waals surface area contributed by atoms with Gasteiger partial charge < -0.3 is 20.2 Å². The highest BCUT2D eigenvalue weighted by atomic mass is 16.7. The first-order valence-electron chi connectivity index (χ1n) is 6.68. The largest absolute Gasteiger partial charge is 0.454 e. The van der Waals surface area contributed by atoms with Gasteiger partial charge in [0.1, 0.15) is 17.5 Å². The number of nitrogens with two attached hydrogens (primary N) is 1. The molecule has 0 aliphatic carbocycles. The number of hydrogen-bond donors (Lipinski definition) is 3. The van der Waals surface area contributed by atoms with Gasteiger partial charge in [0, 0.05) is 23.7 Å². The number of benzene rings is 1. The molecule has 0 atom stereocenters. The average Bonchev–Trinajstić information content (AvgIpc) is 2.94. The number of nitrogen functional groups attached to an aromatic ring is 1. The van der Waals surface area contributed by atoms with Crippen molar-refractivity contribution in [2.24, 2.45) is 5.84 Å². The number of nitrogens with one attached hydrogen (secondary N) is 2. The maximum absolute atomic E-state index is 5.45. The lowest BCUT2D eigenvalue weighted by molar-refractivity contribution is 0.174. The molecule has 110 valence electrons. The van der Waals surface area contributed by atoms with E-state index in [1.165, 1.54) is 0 Å². The highest BCUT2D eigenvalue weighted by Gasteiger charge is 2.14. The summed E-state index contributed by atoms with van der Waals surface area (Å²) in [7, 11) is 0. The molecule has 1 aromatic carbocycles. The summed E-state index contributed by atoms with van der Waals surface area (Å²) >= 11 is 0. The monoisotopic (exact) mass is 287 g/mol. The van der Waals surface area contributed by atoms with Crippen LogP contribution < -0.4 is 26.1 Å². The first kappa shape index (κ1) is 13.4. The molecule has 7 nitrogen and oxygen atoms in total. The van der Waals surface area contributed by atoms with Gasteiger partial charge in [-0.25, -0.2) is 15.8 Å². The summed E-state index contributed by atoms with van der Waals surface area (Å²) in [5.41, 5.74) is 3.41. The molecule has 21 heavy (non-hydrogen) atoms. The minimum atomic E-state index is 0.204. The van der Waals surface area contributed by atoms with E-state index in [1.54, 1.807) is 6.07 Å². The Balaban J connectivity index is 1.88. The van der Waals surface area contributed by atoms with Crippen molar-refractivity contribution >= 4 is 17.3 Å². The SMILES string of the molecule is CC(C)c1nc(NN)cc(Nc2ccc3c(c2)OCO3)n1. The third-order valence-electron chi connectivity index (χ3n) is 3.05. The molecule has 4 N–H and O–H groups in total. The Hall–Kier alpha value is -2.54. The van der Waals surface area contributed by atoms with Crippen LogP contribution in [0.25, 0.3) is 0 Å². The predicted octanol–water partition coefficient (Wildman–Crippen LogP) is 2.36. The van der Waals surface area contributed by atoms with Crippen molar-refractivity contribution in [3.63, 3.8) is 0 Å². The van der Waals surface area contributed by atoms with Gasteiger partial charge in [0.2, 0.25) is 6.79 Å². The van der Waals surface area contributed by atoms with Crippen molar-refractivity contribution < 1.29 is 9.47 Å². The van der Waals surface area contributed by atoms with Crippen molar-refractivity contribution in [1.29, 1.82) is 0 Å². The standard InChI is InChI=1S/C14H17N5O2/c1-8(2)14-17-12(6-13(18-14)19-15)16-9-3-4-10-11(5-9)21-7-20-10/h3-6,8H,7,15H2,1-2H3,(H2,16,17,18,19). The Kier molecular flexibility index (Phi) is 3.49. The van der Waals surface area contributed by atoms with E-state index in [9.17, 15) is 0 Å². The molecule has 0 spiro atoms. The Morgan fingerprint density at radius 1 is 1.10 bits per heavy atom. The summed E-state index contributed by atoms with van der Waals surface area (Å²) in [6.45, 7) is 4.31. The number of hydrogen-bond acceptors (Lipinski definition) is 7. The first-order chi connectivity index (χ1) is 10.2. The molecule has 2 heterocycles. The second-order valence-electron chi connectivity index (χ2n) is 4.99. The quantitative estimate of drug-likeness (QED) is 0.587. The molecule has 1 aromatic heterocycles. The van der Waals surface area contributed by atoms with Crippen molar-refractivity contribution in [1.82, 2.24) is 9.97 Å². The third-order valence-corrected chi connectivity index (χ3v) is 3.05. The number of nitrogens with zero attached hydrogens (tertiary/aromatic N) is 2. The summed E-state index contributed by atoms with van der Waals surface area (Å²) in [5, 5.41) is 3.22. The van der Waals surface area contributed by atoms with Crippen LogP contribution in [0.2, 0.25) is 0 Å². The zero-order valence-electron chi connectivity index (χ0n) is 11.9. The van der Waals surface area contributed by atoms with Gasteiger partial charge in [-0.3, -0.25) is 0 Å². The zero-order valence-corrected chi connectivity index (χ0v) is 11.9. The molecule has 3 rings (SSSR count). The van der Waals surface area contributed by atoms with E-state index in [0.717, 1.165) is 17.2 Å². The van der Waals surface area contributed by atoms with Crippen LogP contribution in [0.4, 0.5) is 17.3 Å². The molecule has 1 aliphatic rings. The van der Waals surface area contributed by atoms with E-state index in [1.807, 2.05) is 32.0 Å². The van der Waals surface area contributed by atoms with E-state index < -0.39 is 0 Å². The fraction of sp³-hybridized carbons (Fsp3) is 0.286.